The number of anilines is 1. The van der Waals surface area contributed by atoms with Gasteiger partial charge in [0.2, 0.25) is 0 Å². The third-order valence-corrected chi connectivity index (χ3v) is 2.67. The maximum absolute atomic E-state index is 11.8. The van der Waals surface area contributed by atoms with Crippen molar-refractivity contribution in [3.8, 4) is 12.3 Å². The Kier molecular flexibility index (Phi) is 2.28. The van der Waals surface area contributed by atoms with E-state index in [-0.39, 0.29) is 6.54 Å². The molecule has 2 rings (SSSR count). The molecule has 1 amide bonds. The number of hydrogen-bond donors (Lipinski definition) is 0. The van der Waals surface area contributed by atoms with Gasteiger partial charge in [-0.15, -0.1) is 6.42 Å². The van der Waals surface area contributed by atoms with Crippen molar-refractivity contribution in [3.63, 3.8) is 0 Å². The van der Waals surface area contributed by atoms with E-state index in [2.05, 4.69) is 5.92 Å². The fourth-order valence-electron chi connectivity index (χ4n) is 2.04. The molecule has 0 spiro atoms. The Bertz CT molecular complexity index is 538. The molecular formula is C13H11NO2. The van der Waals surface area contributed by atoms with Crippen molar-refractivity contribution in [1.82, 2.24) is 0 Å². The second-order valence-electron chi connectivity index (χ2n) is 3.90. The number of rotatable bonds is 1. The largest absolute Gasteiger partial charge is 0.300 e. The SMILES string of the molecule is C#CCN1C(=O)C(=O)c2c(C)cc(C)cc21. The Balaban J connectivity index is 2.66. The van der Waals surface area contributed by atoms with Gasteiger partial charge in [0.1, 0.15) is 0 Å². The van der Waals surface area contributed by atoms with E-state index < -0.39 is 11.7 Å². The van der Waals surface area contributed by atoms with Gasteiger partial charge in [-0.3, -0.25) is 14.5 Å². The number of terminal acetylenes is 1. The quantitative estimate of drug-likeness (QED) is 0.523. The van der Waals surface area contributed by atoms with Crippen LogP contribution in [-0.2, 0) is 4.79 Å². The molecule has 16 heavy (non-hydrogen) atoms. The van der Waals surface area contributed by atoms with Gasteiger partial charge in [0.25, 0.3) is 11.7 Å². The van der Waals surface area contributed by atoms with Crippen molar-refractivity contribution >= 4 is 17.4 Å². The highest BCUT2D eigenvalue weighted by atomic mass is 16.2. The molecule has 0 aromatic heterocycles. The number of aryl methyl sites for hydroxylation is 2. The summed E-state index contributed by atoms with van der Waals surface area (Å²) in [5, 5.41) is 0. The highest BCUT2D eigenvalue weighted by Gasteiger charge is 2.36. The standard InChI is InChI=1S/C13H11NO2/c1-4-5-14-10-7-8(2)6-9(3)11(10)12(15)13(14)16/h1,6-7H,5H2,2-3H3. The van der Waals surface area contributed by atoms with E-state index in [1.165, 1.54) is 4.90 Å². The van der Waals surface area contributed by atoms with E-state index >= 15 is 0 Å². The van der Waals surface area contributed by atoms with E-state index in [1.54, 1.807) is 0 Å². The molecule has 80 valence electrons. The smallest absolute Gasteiger partial charge is 0.293 e. The van der Waals surface area contributed by atoms with E-state index in [4.69, 9.17) is 6.42 Å². The van der Waals surface area contributed by atoms with E-state index in [0.29, 0.717) is 11.3 Å². The summed E-state index contributed by atoms with van der Waals surface area (Å²) in [6.07, 6.45) is 5.19. The molecule has 3 nitrogen and oxygen atoms in total. The van der Waals surface area contributed by atoms with E-state index in [0.717, 1.165) is 11.1 Å². The molecule has 0 fully saturated rings. The highest BCUT2D eigenvalue weighted by Crippen LogP contribution is 2.32. The second-order valence-corrected chi connectivity index (χ2v) is 3.90. The van der Waals surface area contributed by atoms with Crippen LogP contribution < -0.4 is 4.90 Å². The molecule has 0 bridgehead atoms. The van der Waals surface area contributed by atoms with Gasteiger partial charge < -0.3 is 0 Å². The van der Waals surface area contributed by atoms with Gasteiger partial charge in [-0.05, 0) is 31.0 Å². The lowest BCUT2D eigenvalue weighted by atomic mass is 10.0. The molecule has 3 heteroatoms. The Hall–Kier alpha value is -2.08. The summed E-state index contributed by atoms with van der Waals surface area (Å²) in [7, 11) is 0. The fourth-order valence-corrected chi connectivity index (χ4v) is 2.04. The number of carbonyl (C=O) groups excluding carboxylic acids is 2. The molecule has 1 aliphatic heterocycles. The van der Waals surface area contributed by atoms with Crippen molar-refractivity contribution in [2.45, 2.75) is 13.8 Å². The lowest BCUT2D eigenvalue weighted by molar-refractivity contribution is -0.114. The Labute approximate surface area is 94.1 Å². The van der Waals surface area contributed by atoms with Crippen molar-refractivity contribution in [1.29, 1.82) is 0 Å². The minimum atomic E-state index is -0.526. The van der Waals surface area contributed by atoms with Gasteiger partial charge in [-0.25, -0.2) is 0 Å². The molecule has 1 heterocycles. The van der Waals surface area contributed by atoms with E-state index in [9.17, 15) is 9.59 Å². The Morgan fingerprint density at radius 1 is 1.31 bits per heavy atom. The molecule has 0 saturated carbocycles. The van der Waals surface area contributed by atoms with Crippen molar-refractivity contribution in [2.75, 3.05) is 11.4 Å². The summed E-state index contributed by atoms with van der Waals surface area (Å²) in [6, 6.07) is 3.71. The van der Waals surface area contributed by atoms with Crippen LogP contribution in [0.2, 0.25) is 0 Å². The van der Waals surface area contributed by atoms with Crippen LogP contribution in [0.3, 0.4) is 0 Å². The fraction of sp³-hybridized carbons (Fsp3) is 0.231. The van der Waals surface area contributed by atoms with Gasteiger partial charge in [0.05, 0.1) is 17.8 Å². The van der Waals surface area contributed by atoms with Crippen LogP contribution in [0.4, 0.5) is 5.69 Å². The zero-order valence-electron chi connectivity index (χ0n) is 9.20. The van der Waals surface area contributed by atoms with Gasteiger partial charge >= 0.3 is 0 Å². The predicted octanol–water partition coefficient (Wildman–Crippen LogP) is 1.47. The summed E-state index contributed by atoms with van der Waals surface area (Å²) in [6.45, 7) is 3.89. The average Bonchev–Trinajstić information content (AvgIpc) is 2.44. The topological polar surface area (TPSA) is 37.4 Å². The zero-order valence-corrected chi connectivity index (χ0v) is 9.20. The maximum Gasteiger partial charge on any atom is 0.300 e. The van der Waals surface area contributed by atoms with Crippen molar-refractivity contribution < 1.29 is 9.59 Å². The first-order valence-electron chi connectivity index (χ1n) is 4.97. The van der Waals surface area contributed by atoms with Gasteiger partial charge in [0.15, 0.2) is 0 Å². The molecule has 0 N–H and O–H groups in total. The number of carbonyl (C=O) groups is 2. The van der Waals surface area contributed by atoms with Gasteiger partial charge in [0, 0.05) is 0 Å². The number of Topliss-reactive ketones (excluding diaryl/α,β-unsaturated/α-hetero) is 1. The minimum Gasteiger partial charge on any atom is -0.293 e. The van der Waals surface area contributed by atoms with Crippen LogP contribution in [0, 0.1) is 26.2 Å². The summed E-state index contributed by atoms with van der Waals surface area (Å²) < 4.78 is 0. The normalized spacial score (nSPS) is 13.9. The minimum absolute atomic E-state index is 0.139. The molecule has 0 saturated heterocycles. The lowest BCUT2D eigenvalue weighted by Crippen LogP contribution is -2.29. The Morgan fingerprint density at radius 3 is 2.62 bits per heavy atom. The summed E-state index contributed by atoms with van der Waals surface area (Å²) >= 11 is 0. The van der Waals surface area contributed by atoms with Crippen LogP contribution in [0.1, 0.15) is 21.5 Å². The number of nitrogens with zero attached hydrogens (tertiary/aromatic N) is 1. The molecular weight excluding hydrogens is 202 g/mol. The van der Waals surface area contributed by atoms with Crippen LogP contribution in [0.5, 0.6) is 0 Å². The zero-order chi connectivity index (χ0) is 11.9. The molecule has 1 aromatic rings. The first-order valence-corrected chi connectivity index (χ1v) is 4.97. The van der Waals surface area contributed by atoms with Gasteiger partial charge in [-0.2, -0.15) is 0 Å². The predicted molar refractivity (Wildman–Crippen MR) is 61.4 cm³/mol. The van der Waals surface area contributed by atoms with Crippen molar-refractivity contribution in [3.05, 3.63) is 28.8 Å². The lowest BCUT2D eigenvalue weighted by Gasteiger charge is -2.13. The van der Waals surface area contributed by atoms with E-state index in [1.807, 2.05) is 26.0 Å². The number of hydrogen-bond acceptors (Lipinski definition) is 2. The summed E-state index contributed by atoms with van der Waals surface area (Å²) in [5.74, 6) is 1.41. The number of benzene rings is 1. The molecule has 0 atom stereocenters. The molecule has 0 aliphatic carbocycles. The highest BCUT2D eigenvalue weighted by molar-refractivity contribution is 6.52. The first-order chi connectivity index (χ1) is 7.56. The molecule has 1 aromatic carbocycles. The maximum atomic E-state index is 11.8. The van der Waals surface area contributed by atoms with Crippen molar-refractivity contribution in [2.24, 2.45) is 0 Å². The first kappa shape index (κ1) is 10.4. The number of fused-ring (bicyclic) bond motifs is 1. The molecule has 0 unspecified atom stereocenters. The summed E-state index contributed by atoms with van der Waals surface area (Å²) in [5.41, 5.74) is 2.98. The molecule has 0 radical (unpaired) electrons. The number of amides is 1. The Morgan fingerprint density at radius 2 is 2.00 bits per heavy atom. The molecule has 1 aliphatic rings. The third kappa shape index (κ3) is 1.31. The average molecular weight is 213 g/mol. The van der Waals surface area contributed by atoms with Crippen LogP contribution in [-0.4, -0.2) is 18.2 Å². The summed E-state index contributed by atoms with van der Waals surface area (Å²) in [4.78, 5) is 24.8. The van der Waals surface area contributed by atoms with Crippen LogP contribution in [0.25, 0.3) is 0 Å². The van der Waals surface area contributed by atoms with Crippen LogP contribution >= 0.6 is 0 Å². The monoisotopic (exact) mass is 213 g/mol. The third-order valence-electron chi connectivity index (χ3n) is 2.67. The van der Waals surface area contributed by atoms with Crippen LogP contribution in [0.15, 0.2) is 12.1 Å². The van der Waals surface area contributed by atoms with Gasteiger partial charge in [-0.1, -0.05) is 12.0 Å². The second kappa shape index (κ2) is 3.49. The number of ketones is 1.